The fourth-order valence-corrected chi connectivity index (χ4v) is 4.19. The number of guanidine groups is 1. The van der Waals surface area contributed by atoms with E-state index in [0.29, 0.717) is 18.7 Å². The Labute approximate surface area is 184 Å². The molecule has 0 bridgehead atoms. The molecule has 1 atom stereocenters. The number of hydrogen-bond acceptors (Lipinski definition) is 3. The Morgan fingerprint density at radius 1 is 1.16 bits per heavy atom. The zero-order chi connectivity index (χ0) is 21.5. The molecule has 6 heteroatoms. The number of aliphatic imine (C=N–C) groups is 1. The Kier molecular flexibility index (Phi) is 7.20. The number of rotatable bonds is 6. The lowest BCUT2D eigenvalue weighted by Gasteiger charge is -2.31. The largest absolute Gasteiger partial charge is 0.376 e. The lowest BCUT2D eigenvalue weighted by Crippen LogP contribution is -2.44. The van der Waals surface area contributed by atoms with Gasteiger partial charge >= 0.3 is 0 Å². The van der Waals surface area contributed by atoms with E-state index in [4.69, 9.17) is 9.73 Å². The molecule has 31 heavy (non-hydrogen) atoms. The molecule has 2 aliphatic rings. The van der Waals surface area contributed by atoms with Gasteiger partial charge in [-0.1, -0.05) is 36.4 Å². The van der Waals surface area contributed by atoms with Crippen molar-refractivity contribution in [2.75, 3.05) is 26.2 Å². The van der Waals surface area contributed by atoms with Crippen molar-refractivity contribution in [2.45, 2.75) is 45.4 Å². The smallest absolute Gasteiger partial charge is 0.251 e. The van der Waals surface area contributed by atoms with Crippen LogP contribution >= 0.6 is 0 Å². The number of amides is 1. The van der Waals surface area contributed by atoms with E-state index < -0.39 is 0 Å². The normalized spacial score (nSPS) is 18.5. The van der Waals surface area contributed by atoms with Crippen LogP contribution in [0, 0.1) is 0 Å². The van der Waals surface area contributed by atoms with Crippen molar-refractivity contribution in [1.82, 2.24) is 15.5 Å². The molecule has 1 unspecified atom stereocenters. The van der Waals surface area contributed by atoms with E-state index in [0.717, 1.165) is 57.0 Å². The van der Waals surface area contributed by atoms with Crippen LogP contribution in [0.3, 0.4) is 0 Å². The second-order valence-electron chi connectivity index (χ2n) is 8.16. The fraction of sp³-hybridized carbons (Fsp3) is 0.440. The number of ether oxygens (including phenoxy) is 1. The maximum atomic E-state index is 12.5. The van der Waals surface area contributed by atoms with Crippen LogP contribution in [0.25, 0.3) is 0 Å². The molecular formula is C25H32N4O2. The van der Waals surface area contributed by atoms with Crippen LogP contribution in [0.4, 0.5) is 0 Å². The molecule has 0 aromatic heterocycles. The molecule has 6 nitrogen and oxygen atoms in total. The van der Waals surface area contributed by atoms with Crippen molar-refractivity contribution in [2.24, 2.45) is 4.99 Å². The number of carbonyl (C=O) groups excluding carboxylic acids is 1. The van der Waals surface area contributed by atoms with E-state index in [-0.39, 0.29) is 12.0 Å². The van der Waals surface area contributed by atoms with Gasteiger partial charge in [0.1, 0.15) is 0 Å². The number of hydrogen-bond donors (Lipinski definition) is 2. The summed E-state index contributed by atoms with van der Waals surface area (Å²) >= 11 is 0. The van der Waals surface area contributed by atoms with Gasteiger partial charge in [0.15, 0.2) is 5.96 Å². The minimum atomic E-state index is -0.0547. The Morgan fingerprint density at radius 3 is 2.84 bits per heavy atom. The lowest BCUT2D eigenvalue weighted by atomic mass is 10.0. The standard InChI is InChI=1S/C25H32N4O2/c1-2-26-25(29-13-12-20-8-3-4-9-22(20)18-29)28-16-19-7-5-10-21(15-19)24(30)27-17-23-11-6-14-31-23/h3-5,7-10,15,23H,2,6,11-14,16-18H2,1H3,(H,26,28)(H,27,30). The maximum Gasteiger partial charge on any atom is 0.251 e. The van der Waals surface area contributed by atoms with Crippen molar-refractivity contribution >= 4 is 11.9 Å². The van der Waals surface area contributed by atoms with E-state index >= 15 is 0 Å². The van der Waals surface area contributed by atoms with Gasteiger partial charge in [-0.15, -0.1) is 0 Å². The van der Waals surface area contributed by atoms with E-state index in [1.807, 2.05) is 24.3 Å². The Hall–Kier alpha value is -2.86. The minimum absolute atomic E-state index is 0.0547. The second-order valence-corrected chi connectivity index (χ2v) is 8.16. The molecule has 2 N–H and O–H groups in total. The summed E-state index contributed by atoms with van der Waals surface area (Å²) in [6, 6.07) is 16.4. The summed E-state index contributed by atoms with van der Waals surface area (Å²) in [5, 5.41) is 6.42. The number of fused-ring (bicyclic) bond motifs is 1. The highest BCUT2D eigenvalue weighted by atomic mass is 16.5. The molecule has 0 aliphatic carbocycles. The summed E-state index contributed by atoms with van der Waals surface area (Å²) in [5.41, 5.74) is 4.49. The van der Waals surface area contributed by atoms with Crippen molar-refractivity contribution in [3.8, 4) is 0 Å². The number of benzene rings is 2. The molecule has 2 aromatic rings. The average molecular weight is 421 g/mol. The van der Waals surface area contributed by atoms with Gasteiger partial charge in [0, 0.05) is 38.3 Å². The second kappa shape index (κ2) is 10.4. The van der Waals surface area contributed by atoms with Gasteiger partial charge in [-0.25, -0.2) is 4.99 Å². The molecular weight excluding hydrogens is 388 g/mol. The third kappa shape index (κ3) is 5.64. The zero-order valence-electron chi connectivity index (χ0n) is 18.3. The number of carbonyl (C=O) groups is 1. The molecule has 2 aliphatic heterocycles. The van der Waals surface area contributed by atoms with Gasteiger partial charge in [-0.3, -0.25) is 4.79 Å². The maximum absolute atomic E-state index is 12.5. The summed E-state index contributed by atoms with van der Waals surface area (Å²) in [6.07, 6.45) is 3.27. The van der Waals surface area contributed by atoms with Gasteiger partial charge < -0.3 is 20.3 Å². The highest BCUT2D eigenvalue weighted by molar-refractivity contribution is 5.94. The number of nitrogens with one attached hydrogen (secondary N) is 2. The highest BCUT2D eigenvalue weighted by Crippen LogP contribution is 2.19. The third-order valence-electron chi connectivity index (χ3n) is 5.88. The summed E-state index contributed by atoms with van der Waals surface area (Å²) in [7, 11) is 0. The Morgan fingerprint density at radius 2 is 2.03 bits per heavy atom. The van der Waals surface area contributed by atoms with Gasteiger partial charge in [0.05, 0.1) is 12.6 Å². The van der Waals surface area contributed by atoms with E-state index in [9.17, 15) is 4.79 Å². The highest BCUT2D eigenvalue weighted by Gasteiger charge is 2.19. The molecule has 2 heterocycles. The zero-order valence-corrected chi connectivity index (χ0v) is 18.3. The summed E-state index contributed by atoms with van der Waals surface area (Å²) in [4.78, 5) is 19.7. The van der Waals surface area contributed by atoms with Gasteiger partial charge in [0.2, 0.25) is 0 Å². The van der Waals surface area contributed by atoms with Gasteiger partial charge in [0.25, 0.3) is 5.91 Å². The van der Waals surface area contributed by atoms with Gasteiger partial charge in [-0.2, -0.15) is 0 Å². The third-order valence-corrected chi connectivity index (χ3v) is 5.88. The summed E-state index contributed by atoms with van der Waals surface area (Å²) in [5.74, 6) is 0.867. The van der Waals surface area contributed by atoms with Crippen molar-refractivity contribution < 1.29 is 9.53 Å². The van der Waals surface area contributed by atoms with Crippen molar-refractivity contribution in [3.63, 3.8) is 0 Å². The molecule has 1 saturated heterocycles. The van der Waals surface area contributed by atoms with E-state index in [1.165, 1.54) is 11.1 Å². The molecule has 2 aromatic carbocycles. The molecule has 1 amide bonds. The van der Waals surface area contributed by atoms with Crippen molar-refractivity contribution in [3.05, 3.63) is 70.8 Å². The van der Waals surface area contributed by atoms with Crippen LogP contribution in [-0.2, 0) is 24.2 Å². The first kappa shape index (κ1) is 21.4. The van der Waals surface area contributed by atoms with Crippen LogP contribution in [0.1, 0.15) is 46.8 Å². The first-order valence-corrected chi connectivity index (χ1v) is 11.3. The quantitative estimate of drug-likeness (QED) is 0.557. The van der Waals surface area contributed by atoms with Crippen LogP contribution in [-0.4, -0.2) is 49.1 Å². The topological polar surface area (TPSA) is 66.0 Å². The first-order chi connectivity index (χ1) is 15.2. The molecule has 164 valence electrons. The average Bonchev–Trinajstić information content (AvgIpc) is 3.34. The van der Waals surface area contributed by atoms with E-state index in [1.54, 1.807) is 0 Å². The molecule has 0 saturated carbocycles. The predicted octanol–water partition coefficient (Wildman–Crippen LogP) is 3.12. The lowest BCUT2D eigenvalue weighted by molar-refractivity contribution is 0.0857. The molecule has 0 spiro atoms. The van der Waals surface area contributed by atoms with Crippen molar-refractivity contribution in [1.29, 1.82) is 0 Å². The van der Waals surface area contributed by atoms with Crippen LogP contribution in [0.15, 0.2) is 53.5 Å². The van der Waals surface area contributed by atoms with Crippen LogP contribution in [0.2, 0.25) is 0 Å². The monoisotopic (exact) mass is 420 g/mol. The first-order valence-electron chi connectivity index (χ1n) is 11.3. The molecule has 0 radical (unpaired) electrons. The summed E-state index contributed by atoms with van der Waals surface area (Å²) < 4.78 is 5.59. The predicted molar refractivity (Wildman–Crippen MR) is 123 cm³/mol. The van der Waals surface area contributed by atoms with Gasteiger partial charge in [-0.05, 0) is 55.0 Å². The Balaban J connectivity index is 1.39. The van der Waals surface area contributed by atoms with Crippen LogP contribution < -0.4 is 10.6 Å². The minimum Gasteiger partial charge on any atom is -0.376 e. The SMILES string of the molecule is CCNC(=NCc1cccc(C(=O)NCC2CCCO2)c1)N1CCc2ccccc2C1. The molecule has 1 fully saturated rings. The number of nitrogens with zero attached hydrogens (tertiary/aromatic N) is 2. The fourth-order valence-electron chi connectivity index (χ4n) is 4.19. The Bertz CT molecular complexity index is 921. The molecule has 4 rings (SSSR count). The summed E-state index contributed by atoms with van der Waals surface area (Å²) in [6.45, 7) is 6.64. The van der Waals surface area contributed by atoms with E-state index in [2.05, 4.69) is 46.7 Å². The van der Waals surface area contributed by atoms with Crippen LogP contribution in [0.5, 0.6) is 0 Å².